The van der Waals surface area contributed by atoms with Gasteiger partial charge < -0.3 is 9.47 Å². The predicted molar refractivity (Wildman–Crippen MR) is 57.7 cm³/mol. The third-order valence-electron chi connectivity index (χ3n) is 2.59. The Kier molecular flexibility index (Phi) is 4.49. The lowest BCUT2D eigenvalue weighted by molar-refractivity contribution is -0.149. The van der Waals surface area contributed by atoms with Crippen LogP contribution in [0.4, 0.5) is 0 Å². The molecule has 0 saturated carbocycles. The molecule has 1 heterocycles. The van der Waals surface area contributed by atoms with E-state index in [0.717, 1.165) is 0 Å². The predicted octanol–water partition coefficient (Wildman–Crippen LogP) is 0.351. The number of likely N-dealkylation sites (N-methyl/N-ethyl adjacent to an activating group) is 1. The Hall–Kier alpha value is -1.36. The van der Waals surface area contributed by atoms with Crippen molar-refractivity contribution in [1.29, 1.82) is 0 Å². The second-order valence-electron chi connectivity index (χ2n) is 3.82. The maximum atomic E-state index is 11.4. The van der Waals surface area contributed by atoms with E-state index in [1.165, 1.54) is 13.2 Å². The zero-order valence-corrected chi connectivity index (χ0v) is 9.64. The van der Waals surface area contributed by atoms with E-state index in [9.17, 15) is 9.59 Å². The van der Waals surface area contributed by atoms with Crippen molar-refractivity contribution in [3.63, 3.8) is 0 Å². The van der Waals surface area contributed by atoms with Gasteiger partial charge in [0.2, 0.25) is 0 Å². The van der Waals surface area contributed by atoms with Crippen LogP contribution in [-0.4, -0.2) is 49.7 Å². The molecule has 0 bridgehead atoms. The average molecular weight is 227 g/mol. The van der Waals surface area contributed by atoms with Crippen molar-refractivity contribution in [2.75, 3.05) is 20.7 Å². The largest absolute Gasteiger partial charge is 0.468 e. The summed E-state index contributed by atoms with van der Waals surface area (Å²) in [4.78, 5) is 24.4. The van der Waals surface area contributed by atoms with Crippen LogP contribution >= 0.6 is 0 Å². The van der Waals surface area contributed by atoms with Gasteiger partial charge in [-0.2, -0.15) is 0 Å². The molecule has 5 nitrogen and oxygen atoms in total. The molecule has 2 atom stereocenters. The topological polar surface area (TPSA) is 55.8 Å². The van der Waals surface area contributed by atoms with Gasteiger partial charge in [-0.1, -0.05) is 6.08 Å². The standard InChI is InChI=1S/C11H17NO4/c1-4-5-10(13)16-8-6-9(11(14)15-3)12(2)7-8/h4,8-9H,1,5-7H2,2-3H3. The van der Waals surface area contributed by atoms with Crippen LogP contribution in [0, 0.1) is 0 Å². The quantitative estimate of drug-likeness (QED) is 0.512. The van der Waals surface area contributed by atoms with Gasteiger partial charge in [0.05, 0.1) is 13.5 Å². The van der Waals surface area contributed by atoms with Gasteiger partial charge in [0.1, 0.15) is 12.1 Å². The lowest BCUT2D eigenvalue weighted by atomic mass is 10.2. The Labute approximate surface area is 95.0 Å². The number of carbonyl (C=O) groups excluding carboxylic acids is 2. The van der Waals surface area contributed by atoms with Gasteiger partial charge in [0.15, 0.2) is 0 Å². The molecule has 0 N–H and O–H groups in total. The summed E-state index contributed by atoms with van der Waals surface area (Å²) in [5, 5.41) is 0. The van der Waals surface area contributed by atoms with E-state index in [2.05, 4.69) is 11.3 Å². The first-order valence-corrected chi connectivity index (χ1v) is 5.17. The fourth-order valence-electron chi connectivity index (χ4n) is 1.80. The number of esters is 2. The maximum Gasteiger partial charge on any atom is 0.323 e. The highest BCUT2D eigenvalue weighted by Crippen LogP contribution is 2.19. The molecule has 1 fully saturated rings. The third kappa shape index (κ3) is 3.06. The van der Waals surface area contributed by atoms with Crippen LogP contribution in [0.1, 0.15) is 12.8 Å². The highest BCUT2D eigenvalue weighted by Gasteiger charge is 2.36. The first-order chi connectivity index (χ1) is 7.58. The molecule has 0 spiro atoms. The van der Waals surface area contributed by atoms with Crippen molar-refractivity contribution in [2.24, 2.45) is 0 Å². The van der Waals surface area contributed by atoms with E-state index in [0.29, 0.717) is 13.0 Å². The number of hydrogen-bond donors (Lipinski definition) is 0. The Morgan fingerprint density at radius 2 is 2.25 bits per heavy atom. The molecule has 0 radical (unpaired) electrons. The van der Waals surface area contributed by atoms with Gasteiger partial charge in [-0.05, 0) is 7.05 Å². The highest BCUT2D eigenvalue weighted by molar-refractivity contribution is 5.76. The van der Waals surface area contributed by atoms with Crippen molar-refractivity contribution < 1.29 is 19.1 Å². The van der Waals surface area contributed by atoms with Crippen LogP contribution in [0.3, 0.4) is 0 Å². The van der Waals surface area contributed by atoms with Gasteiger partial charge in [0.25, 0.3) is 0 Å². The first-order valence-electron chi connectivity index (χ1n) is 5.17. The Balaban J connectivity index is 2.46. The second kappa shape index (κ2) is 5.65. The second-order valence-corrected chi connectivity index (χ2v) is 3.82. The summed E-state index contributed by atoms with van der Waals surface area (Å²) in [5.74, 6) is -0.594. The number of hydrogen-bond acceptors (Lipinski definition) is 5. The maximum absolute atomic E-state index is 11.4. The van der Waals surface area contributed by atoms with E-state index in [1.54, 1.807) is 0 Å². The van der Waals surface area contributed by atoms with Crippen LogP contribution in [0.15, 0.2) is 12.7 Å². The van der Waals surface area contributed by atoms with Gasteiger partial charge >= 0.3 is 11.9 Å². The van der Waals surface area contributed by atoms with E-state index in [1.807, 2.05) is 11.9 Å². The molecule has 0 amide bonds. The summed E-state index contributed by atoms with van der Waals surface area (Å²) in [6.45, 7) is 4.02. The van der Waals surface area contributed by atoms with Crippen molar-refractivity contribution in [3.05, 3.63) is 12.7 Å². The highest BCUT2D eigenvalue weighted by atomic mass is 16.5. The van der Waals surface area contributed by atoms with Crippen LogP contribution in [0.25, 0.3) is 0 Å². The van der Waals surface area contributed by atoms with Gasteiger partial charge in [0, 0.05) is 13.0 Å². The molecule has 16 heavy (non-hydrogen) atoms. The summed E-state index contributed by atoms with van der Waals surface area (Å²) in [6, 6.07) is -0.313. The molecule has 0 aliphatic carbocycles. The zero-order valence-electron chi connectivity index (χ0n) is 9.64. The van der Waals surface area contributed by atoms with Gasteiger partial charge in [-0.25, -0.2) is 0 Å². The van der Waals surface area contributed by atoms with Crippen LogP contribution in [-0.2, 0) is 19.1 Å². The normalized spacial score (nSPS) is 25.1. The smallest absolute Gasteiger partial charge is 0.323 e. The van der Waals surface area contributed by atoms with E-state index in [-0.39, 0.29) is 30.5 Å². The molecule has 1 rings (SSSR count). The van der Waals surface area contributed by atoms with Crippen molar-refractivity contribution in [2.45, 2.75) is 25.0 Å². The van der Waals surface area contributed by atoms with Crippen LogP contribution in [0.5, 0.6) is 0 Å². The van der Waals surface area contributed by atoms with E-state index in [4.69, 9.17) is 4.74 Å². The summed E-state index contributed by atoms with van der Waals surface area (Å²) in [5.41, 5.74) is 0. The summed E-state index contributed by atoms with van der Waals surface area (Å²) in [7, 11) is 3.16. The molecule has 0 aromatic heterocycles. The number of ether oxygens (including phenoxy) is 2. The Morgan fingerprint density at radius 1 is 1.56 bits per heavy atom. The molecule has 2 unspecified atom stereocenters. The molecule has 5 heteroatoms. The lowest BCUT2D eigenvalue weighted by Crippen LogP contribution is -2.33. The number of methoxy groups -OCH3 is 1. The fourth-order valence-corrected chi connectivity index (χ4v) is 1.80. The molecule has 1 aliphatic rings. The first kappa shape index (κ1) is 12.7. The number of nitrogens with zero attached hydrogens (tertiary/aromatic N) is 1. The Bertz CT molecular complexity index is 290. The molecule has 90 valence electrons. The minimum absolute atomic E-state index is 0.198. The van der Waals surface area contributed by atoms with E-state index >= 15 is 0 Å². The molecule has 0 aromatic rings. The van der Waals surface area contributed by atoms with Crippen molar-refractivity contribution >= 4 is 11.9 Å². The third-order valence-corrected chi connectivity index (χ3v) is 2.59. The SMILES string of the molecule is C=CCC(=O)OC1CC(C(=O)OC)N(C)C1. The Morgan fingerprint density at radius 3 is 2.81 bits per heavy atom. The minimum Gasteiger partial charge on any atom is -0.468 e. The molecular weight excluding hydrogens is 210 g/mol. The summed E-state index contributed by atoms with van der Waals surface area (Å²) >= 11 is 0. The van der Waals surface area contributed by atoms with Gasteiger partial charge in [-0.15, -0.1) is 6.58 Å². The molecule has 1 saturated heterocycles. The van der Waals surface area contributed by atoms with Crippen LogP contribution in [0.2, 0.25) is 0 Å². The van der Waals surface area contributed by atoms with Gasteiger partial charge in [-0.3, -0.25) is 14.5 Å². The minimum atomic E-state index is -0.313. The van der Waals surface area contributed by atoms with E-state index < -0.39 is 0 Å². The van der Waals surface area contributed by atoms with Crippen molar-refractivity contribution in [3.8, 4) is 0 Å². The summed E-state index contributed by atoms with van der Waals surface area (Å²) in [6.07, 6.45) is 1.95. The lowest BCUT2D eigenvalue weighted by Gasteiger charge is -2.15. The molecule has 0 aromatic carbocycles. The number of likely N-dealkylation sites (tertiary alicyclic amines) is 1. The molecular formula is C11H17NO4. The monoisotopic (exact) mass is 227 g/mol. The fraction of sp³-hybridized carbons (Fsp3) is 0.636. The average Bonchev–Trinajstić information content (AvgIpc) is 2.58. The number of rotatable bonds is 4. The van der Waals surface area contributed by atoms with Crippen LogP contribution < -0.4 is 0 Å². The summed E-state index contributed by atoms with van der Waals surface area (Å²) < 4.78 is 9.86. The number of carbonyl (C=O) groups is 2. The zero-order chi connectivity index (χ0) is 12.1. The molecule has 1 aliphatic heterocycles. The van der Waals surface area contributed by atoms with Crippen molar-refractivity contribution in [1.82, 2.24) is 4.90 Å².